The average Bonchev–Trinajstić information content (AvgIpc) is 2.32. The summed E-state index contributed by atoms with van der Waals surface area (Å²) in [6.45, 7) is 1.90. The van der Waals surface area contributed by atoms with Crippen LogP contribution in [0.5, 0.6) is 11.5 Å². The van der Waals surface area contributed by atoms with Crippen LogP contribution in [0.1, 0.15) is 11.4 Å². The maximum Gasteiger partial charge on any atom is 0.148 e. The predicted octanol–water partition coefficient (Wildman–Crippen LogP) is 3.32. The average molecular weight is 235 g/mol. The molecule has 0 aliphatic carbocycles. The second-order valence-corrected chi connectivity index (χ2v) is 3.57. The zero-order chi connectivity index (χ0) is 11.4. The number of ether oxygens (including phenoxy) is 1. The molecule has 0 amide bonds. The van der Waals surface area contributed by atoms with Gasteiger partial charge in [-0.25, -0.2) is 0 Å². The fraction of sp³-hybridized carbons (Fsp3) is 0.167. The predicted molar refractivity (Wildman–Crippen MR) is 62.8 cm³/mol. The molecule has 0 aliphatic rings. The summed E-state index contributed by atoms with van der Waals surface area (Å²) in [5.74, 6) is 1.85. The van der Waals surface area contributed by atoms with Crippen molar-refractivity contribution < 1.29 is 4.74 Å². The minimum absolute atomic E-state index is 0.378. The van der Waals surface area contributed by atoms with Crippen LogP contribution in [0, 0.1) is 6.92 Å². The Morgan fingerprint density at radius 3 is 2.88 bits per heavy atom. The van der Waals surface area contributed by atoms with Crippen LogP contribution >= 0.6 is 11.6 Å². The van der Waals surface area contributed by atoms with E-state index in [0.29, 0.717) is 5.88 Å². The lowest BCUT2D eigenvalue weighted by molar-refractivity contribution is 0.474. The van der Waals surface area contributed by atoms with Crippen molar-refractivity contribution in [2.75, 3.05) is 0 Å². The van der Waals surface area contributed by atoms with Crippen molar-refractivity contribution in [3.8, 4) is 11.5 Å². The smallest absolute Gasteiger partial charge is 0.148 e. The highest BCUT2D eigenvalue weighted by Gasteiger charge is 2.02. The summed E-state index contributed by atoms with van der Waals surface area (Å²) in [5.41, 5.74) is 1.65. The van der Waals surface area contributed by atoms with Gasteiger partial charge in [0.15, 0.2) is 0 Å². The molecule has 0 N–H and O–H groups in total. The van der Waals surface area contributed by atoms with Gasteiger partial charge in [0.25, 0.3) is 0 Å². The van der Waals surface area contributed by atoms with Crippen molar-refractivity contribution in [3.05, 3.63) is 48.0 Å². The van der Waals surface area contributed by atoms with Crippen LogP contribution in [0.3, 0.4) is 0 Å². The van der Waals surface area contributed by atoms with Crippen molar-refractivity contribution >= 4 is 11.6 Å². The molecule has 2 aromatic rings. The molecule has 82 valence electrons. The first kappa shape index (κ1) is 10.9. The van der Waals surface area contributed by atoms with Gasteiger partial charge in [0, 0.05) is 18.5 Å². The topological polar surface area (TPSA) is 35.0 Å². The summed E-state index contributed by atoms with van der Waals surface area (Å²) in [6, 6.07) is 7.33. The lowest BCUT2D eigenvalue weighted by atomic mass is 10.3. The number of aryl methyl sites for hydroxylation is 1. The molecule has 0 fully saturated rings. The van der Waals surface area contributed by atoms with E-state index in [2.05, 4.69) is 9.97 Å². The number of halogens is 1. The molecule has 0 aromatic carbocycles. The van der Waals surface area contributed by atoms with E-state index in [1.807, 2.05) is 25.1 Å². The molecule has 0 spiro atoms. The van der Waals surface area contributed by atoms with E-state index in [9.17, 15) is 0 Å². The highest BCUT2D eigenvalue weighted by molar-refractivity contribution is 6.16. The largest absolute Gasteiger partial charge is 0.455 e. The van der Waals surface area contributed by atoms with E-state index in [1.54, 1.807) is 18.5 Å². The number of aromatic nitrogens is 2. The molecule has 0 aliphatic heterocycles. The first-order chi connectivity index (χ1) is 7.79. The Bertz CT molecular complexity index is 488. The van der Waals surface area contributed by atoms with Crippen LogP contribution in [0.25, 0.3) is 0 Å². The van der Waals surface area contributed by atoms with Gasteiger partial charge in [-0.1, -0.05) is 0 Å². The standard InChI is InChI=1S/C12H11ClN2O/c1-9-12(3-2-5-14-9)16-11-4-6-15-10(7-11)8-13/h2-7H,8H2,1H3. The Hall–Kier alpha value is -1.61. The van der Waals surface area contributed by atoms with E-state index >= 15 is 0 Å². The van der Waals surface area contributed by atoms with Crippen molar-refractivity contribution in [2.24, 2.45) is 0 Å². The Morgan fingerprint density at radius 2 is 2.12 bits per heavy atom. The minimum Gasteiger partial charge on any atom is -0.455 e. The third-order valence-electron chi connectivity index (χ3n) is 2.11. The van der Waals surface area contributed by atoms with Crippen LogP contribution < -0.4 is 4.74 Å². The van der Waals surface area contributed by atoms with Crippen LogP contribution in [-0.2, 0) is 5.88 Å². The van der Waals surface area contributed by atoms with Crippen LogP contribution in [0.2, 0.25) is 0 Å². The summed E-state index contributed by atoms with van der Waals surface area (Å²) < 4.78 is 5.69. The summed E-state index contributed by atoms with van der Waals surface area (Å²) in [7, 11) is 0. The van der Waals surface area contributed by atoms with E-state index in [1.165, 1.54) is 0 Å². The first-order valence-corrected chi connectivity index (χ1v) is 5.43. The van der Waals surface area contributed by atoms with Crippen LogP contribution in [-0.4, -0.2) is 9.97 Å². The van der Waals surface area contributed by atoms with E-state index in [4.69, 9.17) is 16.3 Å². The van der Waals surface area contributed by atoms with E-state index < -0.39 is 0 Å². The number of pyridine rings is 2. The molecule has 3 nitrogen and oxygen atoms in total. The molecule has 0 saturated heterocycles. The van der Waals surface area contributed by atoms with Crippen molar-refractivity contribution in [3.63, 3.8) is 0 Å². The number of rotatable bonds is 3. The molecule has 16 heavy (non-hydrogen) atoms. The lowest BCUT2D eigenvalue weighted by Gasteiger charge is -2.07. The Kier molecular flexibility index (Phi) is 3.37. The maximum absolute atomic E-state index is 5.70. The molecule has 2 heterocycles. The van der Waals surface area contributed by atoms with Crippen molar-refractivity contribution in [1.29, 1.82) is 0 Å². The van der Waals surface area contributed by atoms with Gasteiger partial charge in [0.05, 0.1) is 17.3 Å². The van der Waals surface area contributed by atoms with Gasteiger partial charge >= 0.3 is 0 Å². The van der Waals surface area contributed by atoms with E-state index in [-0.39, 0.29) is 0 Å². The molecule has 2 aromatic heterocycles. The Balaban J connectivity index is 2.24. The van der Waals surface area contributed by atoms with Crippen molar-refractivity contribution in [1.82, 2.24) is 9.97 Å². The zero-order valence-electron chi connectivity index (χ0n) is 8.85. The van der Waals surface area contributed by atoms with Crippen LogP contribution in [0.4, 0.5) is 0 Å². The highest BCUT2D eigenvalue weighted by atomic mass is 35.5. The van der Waals surface area contributed by atoms with Gasteiger partial charge in [0.1, 0.15) is 11.5 Å². The fourth-order valence-electron chi connectivity index (χ4n) is 1.30. The first-order valence-electron chi connectivity index (χ1n) is 4.90. The molecule has 2 rings (SSSR count). The normalized spacial score (nSPS) is 10.1. The molecule has 0 unspecified atom stereocenters. The third-order valence-corrected chi connectivity index (χ3v) is 2.39. The maximum atomic E-state index is 5.70. The molecule has 0 bridgehead atoms. The van der Waals surface area contributed by atoms with Crippen LogP contribution in [0.15, 0.2) is 36.7 Å². The van der Waals surface area contributed by atoms with Gasteiger partial charge < -0.3 is 4.74 Å². The molecule has 4 heteroatoms. The number of nitrogens with zero attached hydrogens (tertiary/aromatic N) is 2. The molecule has 0 radical (unpaired) electrons. The Labute approximate surface area is 99.1 Å². The van der Waals surface area contributed by atoms with Gasteiger partial charge in [-0.3, -0.25) is 9.97 Å². The molecule has 0 saturated carbocycles. The number of hydrogen-bond donors (Lipinski definition) is 0. The second-order valence-electron chi connectivity index (χ2n) is 3.31. The summed E-state index contributed by atoms with van der Waals surface area (Å²) in [6.07, 6.45) is 3.41. The third kappa shape index (κ3) is 2.49. The summed E-state index contributed by atoms with van der Waals surface area (Å²) in [5, 5.41) is 0. The lowest BCUT2D eigenvalue weighted by Crippen LogP contribution is -1.91. The van der Waals surface area contributed by atoms with E-state index in [0.717, 1.165) is 22.9 Å². The minimum atomic E-state index is 0.378. The number of alkyl halides is 1. The number of hydrogen-bond acceptors (Lipinski definition) is 3. The van der Waals surface area contributed by atoms with Gasteiger partial charge in [-0.2, -0.15) is 0 Å². The summed E-state index contributed by atoms with van der Waals surface area (Å²) in [4.78, 5) is 8.25. The quantitative estimate of drug-likeness (QED) is 0.765. The second kappa shape index (κ2) is 4.94. The van der Waals surface area contributed by atoms with Gasteiger partial charge in [-0.15, -0.1) is 11.6 Å². The van der Waals surface area contributed by atoms with Crippen molar-refractivity contribution in [2.45, 2.75) is 12.8 Å². The summed E-state index contributed by atoms with van der Waals surface area (Å²) >= 11 is 5.70. The monoisotopic (exact) mass is 234 g/mol. The molecular weight excluding hydrogens is 224 g/mol. The SMILES string of the molecule is Cc1ncccc1Oc1ccnc(CCl)c1. The van der Waals surface area contributed by atoms with Gasteiger partial charge in [-0.05, 0) is 25.1 Å². The highest BCUT2D eigenvalue weighted by Crippen LogP contribution is 2.23. The molecule has 0 atom stereocenters. The van der Waals surface area contributed by atoms with Gasteiger partial charge in [0.2, 0.25) is 0 Å². The zero-order valence-corrected chi connectivity index (χ0v) is 9.61. The Morgan fingerprint density at radius 1 is 1.25 bits per heavy atom. The molecular formula is C12H11ClN2O. The fourth-order valence-corrected chi connectivity index (χ4v) is 1.44.